The highest BCUT2D eigenvalue weighted by Crippen LogP contribution is 2.27. The van der Waals surface area contributed by atoms with E-state index >= 15 is 0 Å². The van der Waals surface area contributed by atoms with Crippen LogP contribution in [0.3, 0.4) is 0 Å². The average Bonchev–Trinajstić information content (AvgIpc) is 3.26. The molecule has 0 radical (unpaired) electrons. The number of aromatic nitrogens is 2. The number of carbonyl (C=O) groups excluding carboxylic acids is 1. The summed E-state index contributed by atoms with van der Waals surface area (Å²) in [6.45, 7) is 1.83. The topological polar surface area (TPSA) is 49.0 Å². The molecule has 0 spiro atoms. The standard InChI is InChI=1S/C19H19N3O/c23-18(22-11-1-2-12-22)13-14-3-5-15(6-4-14)16-7-9-20-19-17(16)8-10-21-19/h3-10H,1-2,11-13H2,(H,20,21). The fourth-order valence-corrected chi connectivity index (χ4v) is 3.27. The number of hydrogen-bond donors (Lipinski definition) is 1. The molecule has 4 rings (SSSR count). The van der Waals surface area contributed by atoms with Gasteiger partial charge in [-0.05, 0) is 41.7 Å². The van der Waals surface area contributed by atoms with E-state index in [0.29, 0.717) is 6.42 Å². The van der Waals surface area contributed by atoms with E-state index < -0.39 is 0 Å². The van der Waals surface area contributed by atoms with Gasteiger partial charge >= 0.3 is 0 Å². The molecule has 0 saturated carbocycles. The Morgan fingerprint density at radius 1 is 1.09 bits per heavy atom. The van der Waals surface area contributed by atoms with E-state index in [0.717, 1.165) is 53.7 Å². The maximum Gasteiger partial charge on any atom is 0.226 e. The Morgan fingerprint density at radius 2 is 1.87 bits per heavy atom. The quantitative estimate of drug-likeness (QED) is 0.806. The summed E-state index contributed by atoms with van der Waals surface area (Å²) in [4.78, 5) is 21.7. The van der Waals surface area contributed by atoms with Gasteiger partial charge in [-0.25, -0.2) is 4.98 Å². The van der Waals surface area contributed by atoms with Crippen molar-refractivity contribution in [2.75, 3.05) is 13.1 Å². The summed E-state index contributed by atoms with van der Waals surface area (Å²) in [6, 6.07) is 12.4. The van der Waals surface area contributed by atoms with Crippen molar-refractivity contribution in [2.24, 2.45) is 0 Å². The monoisotopic (exact) mass is 305 g/mol. The predicted octanol–water partition coefficient (Wildman–Crippen LogP) is 3.39. The van der Waals surface area contributed by atoms with Crippen LogP contribution in [0.2, 0.25) is 0 Å². The molecule has 23 heavy (non-hydrogen) atoms. The Bertz CT molecular complexity index is 829. The highest BCUT2D eigenvalue weighted by molar-refractivity contribution is 5.92. The van der Waals surface area contributed by atoms with Crippen LogP contribution in [0, 0.1) is 0 Å². The number of rotatable bonds is 3. The normalized spacial score (nSPS) is 14.5. The zero-order chi connectivity index (χ0) is 15.6. The van der Waals surface area contributed by atoms with E-state index in [1.54, 1.807) is 0 Å². The van der Waals surface area contributed by atoms with Crippen LogP contribution in [-0.2, 0) is 11.2 Å². The molecule has 4 nitrogen and oxygen atoms in total. The SMILES string of the molecule is O=C(Cc1ccc(-c2ccnc3[nH]ccc23)cc1)N1CCCC1. The van der Waals surface area contributed by atoms with Crippen LogP contribution >= 0.6 is 0 Å². The van der Waals surface area contributed by atoms with Gasteiger partial charge in [0, 0.05) is 30.9 Å². The number of nitrogens with one attached hydrogen (secondary N) is 1. The average molecular weight is 305 g/mol. The second kappa shape index (κ2) is 5.88. The molecular weight excluding hydrogens is 286 g/mol. The molecule has 1 aliphatic heterocycles. The van der Waals surface area contributed by atoms with Crippen molar-refractivity contribution < 1.29 is 4.79 Å². The van der Waals surface area contributed by atoms with Crippen molar-refractivity contribution >= 4 is 16.9 Å². The van der Waals surface area contributed by atoms with Crippen molar-refractivity contribution in [1.82, 2.24) is 14.9 Å². The van der Waals surface area contributed by atoms with Gasteiger partial charge in [0.25, 0.3) is 0 Å². The third-order valence-corrected chi connectivity index (χ3v) is 4.54. The van der Waals surface area contributed by atoms with Gasteiger partial charge in [-0.1, -0.05) is 24.3 Å². The van der Waals surface area contributed by atoms with E-state index in [1.165, 1.54) is 0 Å². The lowest BCUT2D eigenvalue weighted by atomic mass is 10.0. The maximum absolute atomic E-state index is 12.2. The summed E-state index contributed by atoms with van der Waals surface area (Å²) in [5, 5.41) is 1.12. The smallest absolute Gasteiger partial charge is 0.226 e. The van der Waals surface area contributed by atoms with Crippen LogP contribution in [0.15, 0.2) is 48.8 Å². The first-order chi connectivity index (χ1) is 11.3. The van der Waals surface area contributed by atoms with E-state index in [9.17, 15) is 4.79 Å². The summed E-state index contributed by atoms with van der Waals surface area (Å²) >= 11 is 0. The van der Waals surface area contributed by atoms with Crippen molar-refractivity contribution in [1.29, 1.82) is 0 Å². The summed E-state index contributed by atoms with van der Waals surface area (Å²) in [5.74, 6) is 0.243. The molecule has 1 amide bonds. The van der Waals surface area contributed by atoms with Gasteiger partial charge in [0.15, 0.2) is 0 Å². The van der Waals surface area contributed by atoms with Crippen molar-refractivity contribution in [2.45, 2.75) is 19.3 Å². The van der Waals surface area contributed by atoms with Gasteiger partial charge < -0.3 is 9.88 Å². The van der Waals surface area contributed by atoms with Crippen LogP contribution in [-0.4, -0.2) is 33.9 Å². The zero-order valence-corrected chi connectivity index (χ0v) is 13.0. The highest BCUT2D eigenvalue weighted by Gasteiger charge is 2.17. The third-order valence-electron chi connectivity index (χ3n) is 4.54. The molecule has 0 atom stereocenters. The molecule has 3 aromatic rings. The molecule has 1 N–H and O–H groups in total. The second-order valence-electron chi connectivity index (χ2n) is 6.06. The van der Waals surface area contributed by atoms with Crippen LogP contribution < -0.4 is 0 Å². The number of carbonyl (C=O) groups is 1. The Hall–Kier alpha value is -2.62. The lowest BCUT2D eigenvalue weighted by Crippen LogP contribution is -2.28. The number of benzene rings is 1. The Balaban J connectivity index is 1.56. The molecule has 3 heterocycles. The number of aromatic amines is 1. The molecule has 0 aliphatic carbocycles. The van der Waals surface area contributed by atoms with E-state index in [2.05, 4.69) is 34.2 Å². The van der Waals surface area contributed by atoms with Gasteiger partial charge in [0.2, 0.25) is 5.91 Å². The van der Waals surface area contributed by atoms with Crippen molar-refractivity contribution in [3.63, 3.8) is 0 Å². The fraction of sp³-hybridized carbons (Fsp3) is 0.263. The summed E-state index contributed by atoms with van der Waals surface area (Å²) in [5.41, 5.74) is 4.28. The van der Waals surface area contributed by atoms with E-state index in [1.807, 2.05) is 29.4 Å². The number of amides is 1. The van der Waals surface area contributed by atoms with Crippen molar-refractivity contribution in [3.05, 3.63) is 54.4 Å². The minimum atomic E-state index is 0.243. The molecule has 116 valence electrons. The zero-order valence-electron chi connectivity index (χ0n) is 13.0. The number of likely N-dealkylation sites (tertiary alicyclic amines) is 1. The largest absolute Gasteiger partial charge is 0.346 e. The number of fused-ring (bicyclic) bond motifs is 1. The lowest BCUT2D eigenvalue weighted by Gasteiger charge is -2.15. The number of pyridine rings is 1. The number of H-pyrrole nitrogens is 1. The van der Waals surface area contributed by atoms with Crippen LogP contribution in [0.25, 0.3) is 22.2 Å². The second-order valence-corrected chi connectivity index (χ2v) is 6.06. The molecule has 1 aliphatic rings. The molecule has 4 heteroatoms. The van der Waals surface area contributed by atoms with Crippen LogP contribution in [0.1, 0.15) is 18.4 Å². The van der Waals surface area contributed by atoms with Crippen LogP contribution in [0.4, 0.5) is 0 Å². The van der Waals surface area contributed by atoms with Gasteiger partial charge in [-0.15, -0.1) is 0 Å². The molecule has 1 aromatic carbocycles. The third kappa shape index (κ3) is 2.72. The first-order valence-corrected chi connectivity index (χ1v) is 8.10. The van der Waals surface area contributed by atoms with Crippen molar-refractivity contribution in [3.8, 4) is 11.1 Å². The molecule has 2 aromatic heterocycles. The minimum absolute atomic E-state index is 0.243. The molecule has 1 saturated heterocycles. The maximum atomic E-state index is 12.2. The molecule has 0 bridgehead atoms. The summed E-state index contributed by atoms with van der Waals surface area (Å²) in [7, 11) is 0. The first-order valence-electron chi connectivity index (χ1n) is 8.10. The highest BCUT2D eigenvalue weighted by atomic mass is 16.2. The number of hydrogen-bond acceptors (Lipinski definition) is 2. The van der Waals surface area contributed by atoms with Crippen LogP contribution in [0.5, 0.6) is 0 Å². The first kappa shape index (κ1) is 14.0. The lowest BCUT2D eigenvalue weighted by molar-refractivity contribution is -0.129. The summed E-state index contributed by atoms with van der Waals surface area (Å²) in [6.07, 6.45) is 6.50. The van der Waals surface area contributed by atoms with Gasteiger partial charge in [-0.2, -0.15) is 0 Å². The predicted molar refractivity (Wildman–Crippen MR) is 91.0 cm³/mol. The van der Waals surface area contributed by atoms with E-state index in [4.69, 9.17) is 0 Å². The molecule has 1 fully saturated rings. The van der Waals surface area contributed by atoms with Gasteiger partial charge in [0.1, 0.15) is 5.65 Å². The Labute approximate surface area is 135 Å². The molecular formula is C19H19N3O. The molecule has 0 unspecified atom stereocenters. The Kier molecular flexibility index (Phi) is 3.58. The summed E-state index contributed by atoms with van der Waals surface area (Å²) < 4.78 is 0. The Morgan fingerprint density at radius 3 is 2.65 bits per heavy atom. The number of nitrogens with zero attached hydrogens (tertiary/aromatic N) is 2. The minimum Gasteiger partial charge on any atom is -0.346 e. The van der Waals surface area contributed by atoms with Gasteiger partial charge in [-0.3, -0.25) is 4.79 Å². The van der Waals surface area contributed by atoms with Gasteiger partial charge in [0.05, 0.1) is 6.42 Å². The fourth-order valence-electron chi connectivity index (χ4n) is 3.27. The van der Waals surface area contributed by atoms with E-state index in [-0.39, 0.29) is 5.91 Å².